The molecule has 3 nitrogen and oxygen atoms in total. The summed E-state index contributed by atoms with van der Waals surface area (Å²) < 4.78 is 0. The van der Waals surface area contributed by atoms with Crippen molar-refractivity contribution >= 4 is 5.97 Å². The SMILES string of the molecule is CC1CN(C2CC3CCC2C3)CC1C(=O)O. The summed E-state index contributed by atoms with van der Waals surface area (Å²) in [6, 6.07) is 0.713. The summed E-state index contributed by atoms with van der Waals surface area (Å²) in [6.07, 6.45) is 5.56. The maximum Gasteiger partial charge on any atom is 0.308 e. The van der Waals surface area contributed by atoms with Crippen molar-refractivity contribution in [1.29, 1.82) is 0 Å². The second-order valence-corrected chi connectivity index (χ2v) is 6.12. The molecule has 16 heavy (non-hydrogen) atoms. The predicted octanol–water partition coefficient (Wildman–Crippen LogP) is 1.83. The molecule has 3 fully saturated rings. The molecular weight excluding hydrogens is 202 g/mol. The third-order valence-corrected chi connectivity index (χ3v) is 5.13. The fraction of sp³-hybridized carbons (Fsp3) is 0.923. The predicted molar refractivity (Wildman–Crippen MR) is 61.1 cm³/mol. The van der Waals surface area contributed by atoms with E-state index in [-0.39, 0.29) is 5.92 Å². The van der Waals surface area contributed by atoms with E-state index in [4.69, 9.17) is 5.11 Å². The molecule has 0 radical (unpaired) electrons. The van der Waals surface area contributed by atoms with Gasteiger partial charge in [-0.25, -0.2) is 0 Å². The van der Waals surface area contributed by atoms with Crippen LogP contribution >= 0.6 is 0 Å². The first-order valence-electron chi connectivity index (χ1n) is 6.62. The molecule has 3 aliphatic rings. The Morgan fingerprint density at radius 3 is 2.56 bits per heavy atom. The van der Waals surface area contributed by atoms with E-state index in [2.05, 4.69) is 11.8 Å². The number of rotatable bonds is 2. The summed E-state index contributed by atoms with van der Waals surface area (Å²) in [6.45, 7) is 3.89. The molecule has 2 bridgehead atoms. The molecular formula is C13H21NO2. The van der Waals surface area contributed by atoms with Crippen molar-refractivity contribution in [2.45, 2.75) is 38.6 Å². The van der Waals surface area contributed by atoms with E-state index in [0.29, 0.717) is 12.0 Å². The third kappa shape index (κ3) is 1.56. The van der Waals surface area contributed by atoms with Crippen LogP contribution in [0.5, 0.6) is 0 Å². The first kappa shape index (κ1) is 10.6. The normalized spacial score (nSPS) is 47.7. The maximum atomic E-state index is 11.1. The van der Waals surface area contributed by atoms with Crippen LogP contribution in [0.15, 0.2) is 0 Å². The van der Waals surface area contributed by atoms with Crippen LogP contribution in [0.25, 0.3) is 0 Å². The quantitative estimate of drug-likeness (QED) is 0.776. The second kappa shape index (κ2) is 3.73. The van der Waals surface area contributed by atoms with Crippen LogP contribution in [0.2, 0.25) is 0 Å². The molecule has 3 heteroatoms. The van der Waals surface area contributed by atoms with Crippen LogP contribution in [-0.2, 0) is 4.79 Å². The molecule has 3 rings (SSSR count). The van der Waals surface area contributed by atoms with Crippen LogP contribution in [0, 0.1) is 23.7 Å². The average molecular weight is 223 g/mol. The number of fused-ring (bicyclic) bond motifs is 2. The molecule has 0 amide bonds. The van der Waals surface area contributed by atoms with E-state index in [1.807, 2.05) is 0 Å². The Morgan fingerprint density at radius 1 is 1.25 bits per heavy atom. The van der Waals surface area contributed by atoms with Crippen LogP contribution in [0.1, 0.15) is 32.6 Å². The number of carbonyl (C=O) groups is 1. The largest absolute Gasteiger partial charge is 0.481 e. The Balaban J connectivity index is 1.67. The number of nitrogens with zero attached hydrogens (tertiary/aromatic N) is 1. The minimum Gasteiger partial charge on any atom is -0.481 e. The number of hydrogen-bond donors (Lipinski definition) is 1. The summed E-state index contributed by atoms with van der Waals surface area (Å²) in [5, 5.41) is 9.15. The highest BCUT2D eigenvalue weighted by molar-refractivity contribution is 5.71. The Labute approximate surface area is 96.8 Å². The van der Waals surface area contributed by atoms with E-state index in [1.165, 1.54) is 25.7 Å². The van der Waals surface area contributed by atoms with Gasteiger partial charge in [-0.1, -0.05) is 13.3 Å². The van der Waals surface area contributed by atoms with Gasteiger partial charge in [0.25, 0.3) is 0 Å². The van der Waals surface area contributed by atoms with E-state index in [0.717, 1.165) is 24.9 Å². The van der Waals surface area contributed by atoms with E-state index in [1.54, 1.807) is 0 Å². The Kier molecular flexibility index (Phi) is 2.46. The van der Waals surface area contributed by atoms with Gasteiger partial charge in [-0.2, -0.15) is 0 Å². The zero-order valence-electron chi connectivity index (χ0n) is 9.93. The van der Waals surface area contributed by atoms with Crippen LogP contribution in [0.3, 0.4) is 0 Å². The fourth-order valence-corrected chi connectivity index (χ4v) is 4.25. The molecule has 0 aromatic rings. The van der Waals surface area contributed by atoms with Gasteiger partial charge in [-0.3, -0.25) is 9.69 Å². The number of carboxylic acids is 1. The number of aliphatic carboxylic acids is 1. The van der Waals surface area contributed by atoms with Gasteiger partial charge in [0.2, 0.25) is 0 Å². The lowest BCUT2D eigenvalue weighted by Gasteiger charge is -2.31. The summed E-state index contributed by atoms with van der Waals surface area (Å²) in [7, 11) is 0. The molecule has 0 aromatic heterocycles. The first-order valence-corrected chi connectivity index (χ1v) is 6.62. The molecule has 1 saturated heterocycles. The molecule has 2 aliphatic carbocycles. The van der Waals surface area contributed by atoms with Crippen molar-refractivity contribution in [3.8, 4) is 0 Å². The Hall–Kier alpha value is -0.570. The van der Waals surface area contributed by atoms with Gasteiger partial charge in [0, 0.05) is 19.1 Å². The maximum absolute atomic E-state index is 11.1. The summed E-state index contributed by atoms with van der Waals surface area (Å²) in [5.74, 6) is 1.44. The standard InChI is InChI=1S/C13H21NO2/c1-8-6-14(7-11(8)13(15)16)12-5-9-2-3-10(12)4-9/h8-12H,2-7H2,1H3,(H,15,16). The lowest BCUT2D eigenvalue weighted by molar-refractivity contribution is -0.142. The highest BCUT2D eigenvalue weighted by Gasteiger charge is 2.46. The molecule has 1 N–H and O–H groups in total. The van der Waals surface area contributed by atoms with Gasteiger partial charge in [0.15, 0.2) is 0 Å². The topological polar surface area (TPSA) is 40.5 Å². The molecule has 5 unspecified atom stereocenters. The zero-order valence-corrected chi connectivity index (χ0v) is 9.93. The number of likely N-dealkylation sites (tertiary alicyclic amines) is 1. The van der Waals surface area contributed by atoms with Crippen LogP contribution < -0.4 is 0 Å². The van der Waals surface area contributed by atoms with Gasteiger partial charge in [-0.15, -0.1) is 0 Å². The monoisotopic (exact) mass is 223 g/mol. The number of hydrogen-bond acceptors (Lipinski definition) is 2. The lowest BCUT2D eigenvalue weighted by atomic mass is 9.94. The van der Waals surface area contributed by atoms with Crippen molar-refractivity contribution < 1.29 is 9.90 Å². The van der Waals surface area contributed by atoms with E-state index in [9.17, 15) is 4.79 Å². The highest BCUT2D eigenvalue weighted by atomic mass is 16.4. The van der Waals surface area contributed by atoms with Crippen molar-refractivity contribution in [2.75, 3.05) is 13.1 Å². The van der Waals surface area contributed by atoms with Gasteiger partial charge in [-0.05, 0) is 37.0 Å². The van der Waals surface area contributed by atoms with Crippen molar-refractivity contribution in [3.05, 3.63) is 0 Å². The summed E-state index contributed by atoms with van der Waals surface area (Å²) >= 11 is 0. The van der Waals surface area contributed by atoms with E-state index < -0.39 is 5.97 Å². The van der Waals surface area contributed by atoms with Crippen molar-refractivity contribution in [1.82, 2.24) is 4.90 Å². The second-order valence-electron chi connectivity index (χ2n) is 6.12. The summed E-state index contributed by atoms with van der Waals surface area (Å²) in [5.41, 5.74) is 0. The summed E-state index contributed by atoms with van der Waals surface area (Å²) in [4.78, 5) is 13.6. The minimum absolute atomic E-state index is 0.126. The fourth-order valence-electron chi connectivity index (χ4n) is 4.25. The molecule has 1 aliphatic heterocycles. The van der Waals surface area contributed by atoms with Crippen LogP contribution in [0.4, 0.5) is 0 Å². The van der Waals surface area contributed by atoms with Crippen molar-refractivity contribution in [2.24, 2.45) is 23.7 Å². The Morgan fingerprint density at radius 2 is 2.06 bits per heavy atom. The molecule has 1 heterocycles. The van der Waals surface area contributed by atoms with Crippen LogP contribution in [-0.4, -0.2) is 35.1 Å². The first-order chi connectivity index (χ1) is 7.65. The van der Waals surface area contributed by atoms with Gasteiger partial charge < -0.3 is 5.11 Å². The van der Waals surface area contributed by atoms with Gasteiger partial charge in [0.1, 0.15) is 0 Å². The minimum atomic E-state index is -0.599. The molecule has 0 spiro atoms. The smallest absolute Gasteiger partial charge is 0.308 e. The highest BCUT2D eigenvalue weighted by Crippen LogP contribution is 2.47. The molecule has 2 saturated carbocycles. The molecule has 0 aromatic carbocycles. The Bertz CT molecular complexity index is 304. The average Bonchev–Trinajstić information content (AvgIpc) is 2.89. The van der Waals surface area contributed by atoms with Gasteiger partial charge in [0.05, 0.1) is 5.92 Å². The van der Waals surface area contributed by atoms with Gasteiger partial charge >= 0.3 is 5.97 Å². The zero-order chi connectivity index (χ0) is 11.3. The lowest BCUT2D eigenvalue weighted by Crippen LogP contribution is -2.38. The third-order valence-electron chi connectivity index (χ3n) is 5.13. The number of carboxylic acid groups (broad SMARTS) is 1. The molecule has 90 valence electrons. The van der Waals surface area contributed by atoms with Crippen molar-refractivity contribution in [3.63, 3.8) is 0 Å². The molecule has 5 atom stereocenters. The van der Waals surface area contributed by atoms with E-state index >= 15 is 0 Å².